The molecule has 0 bridgehead atoms. The van der Waals surface area contributed by atoms with Crippen molar-refractivity contribution in [1.29, 1.82) is 5.26 Å². The molecule has 0 saturated carbocycles. The Morgan fingerprint density at radius 3 is 2.67 bits per heavy atom. The number of nitrogens with one attached hydrogen (secondary N) is 2. The lowest BCUT2D eigenvalue weighted by atomic mass is 9.94. The van der Waals surface area contributed by atoms with E-state index in [2.05, 4.69) is 10.6 Å². The minimum atomic E-state index is -0.733. The maximum atomic E-state index is 13.5. The molecule has 1 aliphatic heterocycles. The third-order valence-corrected chi connectivity index (χ3v) is 4.74. The van der Waals surface area contributed by atoms with Crippen molar-refractivity contribution in [2.45, 2.75) is 25.7 Å². The predicted molar refractivity (Wildman–Crippen MR) is 105 cm³/mol. The van der Waals surface area contributed by atoms with E-state index in [0.29, 0.717) is 16.8 Å². The number of esters is 1. The van der Waals surface area contributed by atoms with E-state index in [1.807, 2.05) is 6.07 Å². The second kappa shape index (κ2) is 9.20. The molecule has 0 aromatic heterocycles. The third kappa shape index (κ3) is 4.47. The Balaban J connectivity index is 1.93. The van der Waals surface area contributed by atoms with Crippen molar-refractivity contribution in [3.05, 3.63) is 82.3 Å². The number of benzene rings is 2. The summed E-state index contributed by atoms with van der Waals surface area (Å²) in [5, 5.41) is 14.3. The van der Waals surface area contributed by atoms with E-state index < -0.39 is 30.0 Å². The molecule has 0 radical (unpaired) electrons. The fourth-order valence-corrected chi connectivity index (χ4v) is 3.12. The van der Waals surface area contributed by atoms with E-state index in [1.165, 1.54) is 19.2 Å². The van der Waals surface area contributed by atoms with Crippen molar-refractivity contribution >= 4 is 12.0 Å². The number of nitriles is 1. The van der Waals surface area contributed by atoms with Crippen molar-refractivity contribution in [1.82, 2.24) is 10.6 Å². The molecule has 154 valence electrons. The molecule has 30 heavy (non-hydrogen) atoms. The number of rotatable bonds is 6. The molecule has 8 heteroatoms. The number of ether oxygens (including phenoxy) is 2. The summed E-state index contributed by atoms with van der Waals surface area (Å²) in [6.45, 7) is 1.54. The van der Waals surface area contributed by atoms with Gasteiger partial charge in [0.2, 0.25) is 0 Å². The second-order valence-corrected chi connectivity index (χ2v) is 6.65. The normalized spacial score (nSPS) is 16.9. The van der Waals surface area contributed by atoms with Gasteiger partial charge in [-0.3, -0.25) is 0 Å². The number of methoxy groups -OCH3 is 1. The molecule has 7 nitrogen and oxygen atoms in total. The Morgan fingerprint density at radius 2 is 2.00 bits per heavy atom. The molecule has 3 rings (SSSR count). The third-order valence-electron chi connectivity index (χ3n) is 4.74. The van der Waals surface area contributed by atoms with Crippen LogP contribution in [-0.2, 0) is 20.9 Å². The topological polar surface area (TPSA) is 100 Å². The summed E-state index contributed by atoms with van der Waals surface area (Å²) in [5.41, 5.74) is 1.54. The highest BCUT2D eigenvalue weighted by atomic mass is 19.1. The van der Waals surface area contributed by atoms with Gasteiger partial charge in [-0.25, -0.2) is 14.0 Å². The van der Waals surface area contributed by atoms with Crippen LogP contribution in [0.1, 0.15) is 29.7 Å². The highest BCUT2D eigenvalue weighted by Gasteiger charge is 2.35. The van der Waals surface area contributed by atoms with Crippen molar-refractivity contribution in [3.8, 4) is 6.07 Å². The van der Waals surface area contributed by atoms with Gasteiger partial charge in [0.25, 0.3) is 0 Å². The zero-order valence-electron chi connectivity index (χ0n) is 16.4. The van der Waals surface area contributed by atoms with Gasteiger partial charge in [-0.1, -0.05) is 36.4 Å². The SMILES string of the molecule is COC(C)C1=C(C(=O)OCc2ccc(F)c(C#N)c2)C(c2ccccc2)NC(=O)N1. The molecule has 0 saturated heterocycles. The van der Waals surface area contributed by atoms with Gasteiger partial charge in [-0.05, 0) is 30.2 Å². The summed E-state index contributed by atoms with van der Waals surface area (Å²) in [6.07, 6.45) is -0.569. The zero-order valence-corrected chi connectivity index (χ0v) is 16.4. The molecule has 1 aliphatic rings. The van der Waals surface area contributed by atoms with E-state index in [9.17, 15) is 14.0 Å². The summed E-state index contributed by atoms with van der Waals surface area (Å²) in [5.74, 6) is -1.31. The van der Waals surface area contributed by atoms with Gasteiger partial charge in [-0.15, -0.1) is 0 Å². The molecule has 2 aromatic rings. The van der Waals surface area contributed by atoms with Gasteiger partial charge in [0.15, 0.2) is 0 Å². The van der Waals surface area contributed by atoms with Crippen LogP contribution in [0.4, 0.5) is 9.18 Å². The van der Waals surface area contributed by atoms with E-state index >= 15 is 0 Å². The average molecular weight is 409 g/mol. The number of hydrogen-bond acceptors (Lipinski definition) is 5. The van der Waals surface area contributed by atoms with E-state index in [-0.39, 0.29) is 17.7 Å². The molecule has 2 atom stereocenters. The maximum absolute atomic E-state index is 13.5. The van der Waals surface area contributed by atoms with Crippen molar-refractivity contribution in [2.24, 2.45) is 0 Å². The van der Waals surface area contributed by atoms with Crippen LogP contribution in [0.25, 0.3) is 0 Å². The molecule has 0 fully saturated rings. The fraction of sp³-hybridized carbons (Fsp3) is 0.227. The predicted octanol–water partition coefficient (Wildman–Crippen LogP) is 3.08. The van der Waals surface area contributed by atoms with Crippen LogP contribution in [0.2, 0.25) is 0 Å². The number of carbonyl (C=O) groups excluding carboxylic acids is 2. The van der Waals surface area contributed by atoms with Crippen LogP contribution in [0.3, 0.4) is 0 Å². The Kier molecular flexibility index (Phi) is 6.45. The van der Waals surface area contributed by atoms with Gasteiger partial charge in [0, 0.05) is 7.11 Å². The molecular weight excluding hydrogens is 389 g/mol. The molecule has 2 unspecified atom stereocenters. The van der Waals surface area contributed by atoms with Crippen LogP contribution < -0.4 is 10.6 Å². The first-order valence-electron chi connectivity index (χ1n) is 9.19. The van der Waals surface area contributed by atoms with Crippen molar-refractivity contribution in [3.63, 3.8) is 0 Å². The van der Waals surface area contributed by atoms with Gasteiger partial charge in [0.1, 0.15) is 18.5 Å². The Bertz CT molecular complexity index is 1030. The minimum absolute atomic E-state index is 0.134. The van der Waals surface area contributed by atoms with Crippen molar-refractivity contribution in [2.75, 3.05) is 7.11 Å². The molecule has 2 amide bonds. The van der Waals surface area contributed by atoms with E-state index in [4.69, 9.17) is 14.7 Å². The Morgan fingerprint density at radius 1 is 1.27 bits per heavy atom. The van der Waals surface area contributed by atoms with Crippen LogP contribution >= 0.6 is 0 Å². The Labute approximate surface area is 173 Å². The number of halogens is 1. The van der Waals surface area contributed by atoms with Gasteiger partial charge >= 0.3 is 12.0 Å². The monoisotopic (exact) mass is 409 g/mol. The largest absolute Gasteiger partial charge is 0.457 e. The van der Waals surface area contributed by atoms with Gasteiger partial charge in [-0.2, -0.15) is 5.26 Å². The molecule has 2 N–H and O–H groups in total. The number of hydrogen-bond donors (Lipinski definition) is 2. The molecule has 1 heterocycles. The van der Waals surface area contributed by atoms with Crippen LogP contribution in [-0.4, -0.2) is 25.2 Å². The van der Waals surface area contributed by atoms with Gasteiger partial charge in [0.05, 0.1) is 29.0 Å². The highest BCUT2D eigenvalue weighted by molar-refractivity contribution is 5.95. The first-order chi connectivity index (χ1) is 14.4. The molecular formula is C22H20FN3O4. The maximum Gasteiger partial charge on any atom is 0.338 e. The van der Waals surface area contributed by atoms with E-state index in [0.717, 1.165) is 6.07 Å². The molecule has 2 aromatic carbocycles. The first kappa shape index (κ1) is 21.0. The fourth-order valence-electron chi connectivity index (χ4n) is 3.12. The molecule has 0 aliphatic carbocycles. The number of urea groups is 1. The number of nitrogens with zero attached hydrogens (tertiary/aromatic N) is 1. The summed E-state index contributed by atoms with van der Waals surface area (Å²) in [7, 11) is 1.47. The summed E-state index contributed by atoms with van der Waals surface area (Å²) in [6, 6.07) is 13.5. The highest BCUT2D eigenvalue weighted by Crippen LogP contribution is 2.29. The first-order valence-corrected chi connectivity index (χ1v) is 9.19. The second-order valence-electron chi connectivity index (χ2n) is 6.65. The number of amides is 2. The number of carbonyl (C=O) groups is 2. The summed E-state index contributed by atoms with van der Waals surface area (Å²) in [4.78, 5) is 25.2. The molecule has 0 spiro atoms. The lowest BCUT2D eigenvalue weighted by molar-refractivity contribution is -0.141. The standard InChI is InChI=1S/C22H20FN3O4/c1-13(29-2)19-18(20(26-22(28)25-19)15-6-4-3-5-7-15)21(27)30-12-14-8-9-17(23)16(10-14)11-24/h3-10,13,20H,12H2,1-2H3,(H2,25,26,28). The Hall–Kier alpha value is -3.70. The van der Waals surface area contributed by atoms with Crippen molar-refractivity contribution < 1.29 is 23.5 Å². The van der Waals surface area contributed by atoms with Crippen LogP contribution in [0.15, 0.2) is 59.8 Å². The van der Waals surface area contributed by atoms with Crippen LogP contribution in [0.5, 0.6) is 0 Å². The average Bonchev–Trinajstić information content (AvgIpc) is 2.77. The van der Waals surface area contributed by atoms with E-state index in [1.54, 1.807) is 37.3 Å². The van der Waals surface area contributed by atoms with Gasteiger partial charge < -0.3 is 20.1 Å². The minimum Gasteiger partial charge on any atom is -0.457 e. The summed E-state index contributed by atoms with van der Waals surface area (Å²) < 4.78 is 24.3. The lowest BCUT2D eigenvalue weighted by Crippen LogP contribution is -2.48. The summed E-state index contributed by atoms with van der Waals surface area (Å²) >= 11 is 0. The van der Waals surface area contributed by atoms with Crippen LogP contribution in [0, 0.1) is 17.1 Å². The zero-order chi connectivity index (χ0) is 21.7. The smallest absolute Gasteiger partial charge is 0.338 e. The quantitative estimate of drug-likeness (QED) is 0.714. The lowest BCUT2D eigenvalue weighted by Gasteiger charge is -2.31.